The molecular weight excluding hydrogens is 256 g/mol. The first kappa shape index (κ1) is 11.9. The Morgan fingerprint density at radius 1 is 1.00 bits per heavy atom. The second-order valence-corrected chi connectivity index (χ2v) is 3.64. The van der Waals surface area contributed by atoms with E-state index < -0.39 is 28.8 Å². The molecule has 0 atom stereocenters. The normalized spacial score (nSPS) is 10.6. The summed E-state index contributed by atoms with van der Waals surface area (Å²) < 4.78 is 53.1. The van der Waals surface area contributed by atoms with Crippen molar-refractivity contribution in [1.82, 2.24) is 0 Å². The van der Waals surface area contributed by atoms with Gasteiger partial charge in [-0.1, -0.05) is 23.7 Å². The van der Waals surface area contributed by atoms with Gasteiger partial charge in [-0.15, -0.1) is 0 Å². The second kappa shape index (κ2) is 4.37. The highest BCUT2D eigenvalue weighted by molar-refractivity contribution is 6.30. The average molecular weight is 260 g/mol. The summed E-state index contributed by atoms with van der Waals surface area (Å²) >= 11 is 5.45. The maximum absolute atomic E-state index is 13.6. The molecule has 0 bridgehead atoms. The minimum absolute atomic E-state index is 0.372. The molecule has 0 saturated carbocycles. The van der Waals surface area contributed by atoms with Crippen LogP contribution in [0.25, 0.3) is 11.1 Å². The van der Waals surface area contributed by atoms with Crippen LogP contribution in [0.1, 0.15) is 0 Å². The van der Waals surface area contributed by atoms with E-state index in [1.165, 1.54) is 6.07 Å². The summed E-state index contributed by atoms with van der Waals surface area (Å²) in [6, 6.07) is 5.62. The van der Waals surface area contributed by atoms with Crippen LogP contribution in [-0.2, 0) is 0 Å². The number of hydrogen-bond acceptors (Lipinski definition) is 0. The fraction of sp³-hybridized carbons (Fsp3) is 0. The van der Waals surface area contributed by atoms with Gasteiger partial charge >= 0.3 is 0 Å². The van der Waals surface area contributed by atoms with Crippen molar-refractivity contribution in [1.29, 1.82) is 0 Å². The molecule has 0 saturated heterocycles. The summed E-state index contributed by atoms with van der Waals surface area (Å²) in [4.78, 5) is 0. The minimum Gasteiger partial charge on any atom is -0.207 e. The average Bonchev–Trinajstić information content (AvgIpc) is 2.23. The summed E-state index contributed by atoms with van der Waals surface area (Å²) in [6.45, 7) is 0. The molecule has 2 aromatic carbocycles. The van der Waals surface area contributed by atoms with Gasteiger partial charge in [-0.2, -0.15) is 0 Å². The summed E-state index contributed by atoms with van der Waals surface area (Å²) in [5.41, 5.74) is -1.02. The first-order chi connectivity index (χ1) is 8.00. The molecule has 0 aliphatic heterocycles. The molecule has 0 fully saturated rings. The van der Waals surface area contributed by atoms with E-state index in [9.17, 15) is 17.6 Å². The van der Waals surface area contributed by atoms with Crippen molar-refractivity contribution in [2.45, 2.75) is 0 Å². The van der Waals surface area contributed by atoms with Gasteiger partial charge in [0.1, 0.15) is 23.3 Å². The standard InChI is InChI=1S/C12H4ClF4/c13-8-3-1-2-7(12(8)17)11-9(15)4-6(14)5-10(11)16/h1-2,4-5H. The van der Waals surface area contributed by atoms with Gasteiger partial charge in [0, 0.05) is 23.8 Å². The number of hydrogen-bond donors (Lipinski definition) is 0. The topological polar surface area (TPSA) is 0 Å². The highest BCUT2D eigenvalue weighted by Crippen LogP contribution is 2.31. The number of rotatable bonds is 1. The molecule has 87 valence electrons. The Morgan fingerprint density at radius 2 is 1.59 bits per heavy atom. The van der Waals surface area contributed by atoms with E-state index in [0.717, 1.165) is 6.07 Å². The fourth-order valence-electron chi connectivity index (χ4n) is 1.45. The van der Waals surface area contributed by atoms with E-state index in [4.69, 9.17) is 11.6 Å². The zero-order valence-corrected chi connectivity index (χ0v) is 8.96. The quantitative estimate of drug-likeness (QED) is 0.668. The second-order valence-electron chi connectivity index (χ2n) is 3.26. The van der Waals surface area contributed by atoms with Crippen molar-refractivity contribution in [3.05, 3.63) is 58.6 Å². The molecule has 0 heterocycles. The van der Waals surface area contributed by atoms with E-state index in [2.05, 4.69) is 6.07 Å². The van der Waals surface area contributed by atoms with Gasteiger partial charge in [0.05, 0.1) is 10.6 Å². The lowest BCUT2D eigenvalue weighted by Gasteiger charge is -2.07. The van der Waals surface area contributed by atoms with Crippen LogP contribution in [0.2, 0.25) is 5.02 Å². The van der Waals surface area contributed by atoms with Crippen molar-refractivity contribution in [3.8, 4) is 11.1 Å². The van der Waals surface area contributed by atoms with E-state index in [1.807, 2.05) is 0 Å². The number of benzene rings is 2. The van der Waals surface area contributed by atoms with E-state index >= 15 is 0 Å². The van der Waals surface area contributed by atoms with Crippen LogP contribution in [0, 0.1) is 29.3 Å². The fourth-order valence-corrected chi connectivity index (χ4v) is 1.61. The molecule has 0 aromatic heterocycles. The molecule has 0 nitrogen and oxygen atoms in total. The highest BCUT2D eigenvalue weighted by Gasteiger charge is 2.18. The van der Waals surface area contributed by atoms with Crippen LogP contribution in [-0.4, -0.2) is 0 Å². The Bertz CT molecular complexity index is 558. The molecule has 2 aromatic rings. The molecular formula is C12H4ClF4. The monoisotopic (exact) mass is 259 g/mol. The first-order valence-electron chi connectivity index (χ1n) is 4.51. The van der Waals surface area contributed by atoms with E-state index in [0.29, 0.717) is 12.1 Å². The van der Waals surface area contributed by atoms with Crippen LogP contribution in [0.5, 0.6) is 0 Å². The predicted octanol–water partition coefficient (Wildman–Crippen LogP) is 4.36. The van der Waals surface area contributed by atoms with Crippen molar-refractivity contribution in [3.63, 3.8) is 0 Å². The Morgan fingerprint density at radius 3 is 2.18 bits per heavy atom. The van der Waals surface area contributed by atoms with E-state index in [-0.39, 0.29) is 10.6 Å². The zero-order chi connectivity index (χ0) is 12.6. The zero-order valence-electron chi connectivity index (χ0n) is 8.20. The van der Waals surface area contributed by atoms with Crippen LogP contribution in [0.15, 0.2) is 24.3 Å². The summed E-state index contributed by atoms with van der Waals surface area (Å²) in [7, 11) is 0. The van der Waals surface area contributed by atoms with Gasteiger partial charge in [-0.3, -0.25) is 0 Å². The van der Waals surface area contributed by atoms with Crippen molar-refractivity contribution in [2.75, 3.05) is 0 Å². The summed E-state index contributed by atoms with van der Waals surface area (Å²) in [5.74, 6) is -4.45. The molecule has 0 amide bonds. The molecule has 2 rings (SSSR count). The third-order valence-electron chi connectivity index (χ3n) is 2.17. The highest BCUT2D eigenvalue weighted by atomic mass is 35.5. The van der Waals surface area contributed by atoms with Gasteiger partial charge in [-0.05, 0) is 0 Å². The first-order valence-corrected chi connectivity index (χ1v) is 4.89. The third kappa shape index (κ3) is 2.13. The van der Waals surface area contributed by atoms with Crippen molar-refractivity contribution < 1.29 is 17.6 Å². The molecule has 0 aliphatic rings. The SMILES string of the molecule is Fc1cc(F)c(-c2cc[c]c(Cl)c2F)c(F)c1. The van der Waals surface area contributed by atoms with Crippen LogP contribution >= 0.6 is 11.6 Å². The van der Waals surface area contributed by atoms with Gasteiger partial charge in [-0.25, -0.2) is 17.6 Å². The number of halogens is 5. The van der Waals surface area contributed by atoms with Crippen LogP contribution in [0.4, 0.5) is 17.6 Å². The molecule has 17 heavy (non-hydrogen) atoms. The van der Waals surface area contributed by atoms with E-state index in [1.54, 1.807) is 0 Å². The lowest BCUT2D eigenvalue weighted by atomic mass is 10.0. The Hall–Kier alpha value is -1.55. The molecule has 0 N–H and O–H groups in total. The molecule has 0 aliphatic carbocycles. The van der Waals surface area contributed by atoms with Crippen LogP contribution < -0.4 is 0 Å². The van der Waals surface area contributed by atoms with Crippen molar-refractivity contribution >= 4 is 11.6 Å². The van der Waals surface area contributed by atoms with Gasteiger partial charge in [0.2, 0.25) is 0 Å². The third-order valence-corrected chi connectivity index (χ3v) is 2.44. The van der Waals surface area contributed by atoms with Gasteiger partial charge in [0.25, 0.3) is 0 Å². The lowest BCUT2D eigenvalue weighted by Crippen LogP contribution is -1.95. The molecule has 1 radical (unpaired) electrons. The summed E-state index contributed by atoms with van der Waals surface area (Å²) in [6.07, 6.45) is 0. The Balaban J connectivity index is 2.73. The Kier molecular flexibility index (Phi) is 3.07. The largest absolute Gasteiger partial charge is 0.207 e. The smallest absolute Gasteiger partial charge is 0.150 e. The van der Waals surface area contributed by atoms with Crippen LogP contribution in [0.3, 0.4) is 0 Å². The van der Waals surface area contributed by atoms with Gasteiger partial charge < -0.3 is 0 Å². The van der Waals surface area contributed by atoms with Gasteiger partial charge in [0.15, 0.2) is 0 Å². The molecule has 0 spiro atoms. The maximum Gasteiger partial charge on any atom is 0.150 e. The maximum atomic E-state index is 13.6. The lowest BCUT2D eigenvalue weighted by molar-refractivity contribution is 0.545. The van der Waals surface area contributed by atoms with Crippen molar-refractivity contribution in [2.24, 2.45) is 0 Å². The predicted molar refractivity (Wildman–Crippen MR) is 55.6 cm³/mol. The summed E-state index contributed by atoms with van der Waals surface area (Å²) in [5, 5.41) is -0.384. The molecule has 0 unspecified atom stereocenters. The Labute approximate surface area is 99.5 Å². The minimum atomic E-state index is -1.19. The molecule has 5 heteroatoms.